The summed E-state index contributed by atoms with van der Waals surface area (Å²) in [6, 6.07) is 0.618. The molecule has 2 saturated carbocycles. The fourth-order valence-corrected chi connectivity index (χ4v) is 4.90. The van der Waals surface area contributed by atoms with Crippen LogP contribution in [0, 0.1) is 22.0 Å². The van der Waals surface area contributed by atoms with Crippen LogP contribution in [0.3, 0.4) is 0 Å². The fraction of sp³-hybridized carbons (Fsp3) is 1.00. The first-order valence-corrected chi connectivity index (χ1v) is 8.61. The molecule has 5 unspecified atom stereocenters. The van der Waals surface area contributed by atoms with Gasteiger partial charge in [-0.25, -0.2) is 0 Å². The van der Waals surface area contributed by atoms with Crippen LogP contribution >= 0.6 is 0 Å². The Balaban J connectivity index is 1.66. The molecule has 3 fully saturated rings. The van der Waals surface area contributed by atoms with Gasteiger partial charge in [-0.2, -0.15) is 0 Å². The van der Waals surface area contributed by atoms with Gasteiger partial charge < -0.3 is 10.1 Å². The highest BCUT2D eigenvalue weighted by molar-refractivity contribution is 4.98. The van der Waals surface area contributed by atoms with Gasteiger partial charge in [0.2, 0.25) is 6.04 Å². The SMILES string of the molecule is COC1CC(C2CCCCC2)NC2CCC([N+](=O)[O-])CC21. The van der Waals surface area contributed by atoms with E-state index >= 15 is 0 Å². The highest BCUT2D eigenvalue weighted by Crippen LogP contribution is 2.39. The van der Waals surface area contributed by atoms with E-state index in [2.05, 4.69) is 5.32 Å². The molecule has 2 aliphatic carbocycles. The predicted molar refractivity (Wildman–Crippen MR) is 80.8 cm³/mol. The quantitative estimate of drug-likeness (QED) is 0.642. The van der Waals surface area contributed by atoms with Gasteiger partial charge in [0.05, 0.1) is 6.10 Å². The average molecular weight is 296 g/mol. The molecule has 5 nitrogen and oxygen atoms in total. The minimum absolute atomic E-state index is 0.0871. The van der Waals surface area contributed by atoms with E-state index in [0.717, 1.165) is 25.2 Å². The van der Waals surface area contributed by atoms with Crippen molar-refractivity contribution in [2.24, 2.45) is 11.8 Å². The highest BCUT2D eigenvalue weighted by Gasteiger charge is 2.45. The predicted octanol–water partition coefficient (Wildman–Crippen LogP) is 2.76. The summed E-state index contributed by atoms with van der Waals surface area (Å²) in [5, 5.41) is 14.9. The van der Waals surface area contributed by atoms with Crippen molar-refractivity contribution < 1.29 is 9.66 Å². The zero-order chi connectivity index (χ0) is 14.8. The number of hydrogen-bond acceptors (Lipinski definition) is 4. The van der Waals surface area contributed by atoms with E-state index in [-0.39, 0.29) is 17.1 Å². The van der Waals surface area contributed by atoms with Gasteiger partial charge in [0.1, 0.15) is 0 Å². The lowest BCUT2D eigenvalue weighted by atomic mass is 9.70. The molecule has 3 rings (SSSR count). The third kappa shape index (κ3) is 3.24. The van der Waals surface area contributed by atoms with Crippen molar-refractivity contribution in [2.45, 2.75) is 82.0 Å². The third-order valence-electron chi connectivity index (χ3n) is 6.08. The van der Waals surface area contributed by atoms with Crippen LogP contribution in [-0.2, 0) is 4.74 Å². The average Bonchev–Trinajstić information content (AvgIpc) is 2.54. The van der Waals surface area contributed by atoms with Gasteiger partial charge in [0.15, 0.2) is 0 Å². The number of hydrogen-bond donors (Lipinski definition) is 1. The van der Waals surface area contributed by atoms with Crippen LogP contribution < -0.4 is 5.32 Å². The smallest absolute Gasteiger partial charge is 0.213 e. The number of nitro groups is 1. The van der Waals surface area contributed by atoms with Crippen molar-refractivity contribution in [3.8, 4) is 0 Å². The van der Waals surface area contributed by atoms with Crippen LogP contribution in [0.4, 0.5) is 0 Å². The lowest BCUT2D eigenvalue weighted by molar-refractivity contribution is -0.529. The molecule has 0 radical (unpaired) electrons. The molecule has 1 N–H and O–H groups in total. The summed E-state index contributed by atoms with van der Waals surface area (Å²) in [5.74, 6) is 1.10. The molecule has 120 valence electrons. The molecule has 1 heterocycles. The van der Waals surface area contributed by atoms with Crippen molar-refractivity contribution in [2.75, 3.05) is 7.11 Å². The summed E-state index contributed by atoms with van der Waals surface area (Å²) in [5.41, 5.74) is 0. The van der Waals surface area contributed by atoms with Gasteiger partial charge in [-0.1, -0.05) is 19.3 Å². The molecule has 5 heteroatoms. The summed E-state index contributed by atoms with van der Waals surface area (Å²) >= 11 is 0. The monoisotopic (exact) mass is 296 g/mol. The molecule has 0 aromatic heterocycles. The highest BCUT2D eigenvalue weighted by atomic mass is 16.6. The Morgan fingerprint density at radius 3 is 2.48 bits per heavy atom. The Kier molecular flexibility index (Phi) is 4.79. The van der Waals surface area contributed by atoms with Crippen LogP contribution in [0.15, 0.2) is 0 Å². The molecule has 5 atom stereocenters. The van der Waals surface area contributed by atoms with Crippen LogP contribution in [0.2, 0.25) is 0 Å². The largest absolute Gasteiger partial charge is 0.381 e. The van der Waals surface area contributed by atoms with Crippen molar-refractivity contribution in [1.29, 1.82) is 0 Å². The summed E-state index contributed by atoms with van der Waals surface area (Å²) < 4.78 is 5.75. The van der Waals surface area contributed by atoms with Crippen molar-refractivity contribution >= 4 is 0 Å². The summed E-state index contributed by atoms with van der Waals surface area (Å²) in [6.45, 7) is 0. The molecule has 0 spiro atoms. The number of nitrogens with zero attached hydrogens (tertiary/aromatic N) is 1. The fourth-order valence-electron chi connectivity index (χ4n) is 4.90. The van der Waals surface area contributed by atoms with E-state index in [1.54, 1.807) is 7.11 Å². The molecule has 0 amide bonds. The van der Waals surface area contributed by atoms with Crippen molar-refractivity contribution in [3.05, 3.63) is 10.1 Å². The zero-order valence-corrected chi connectivity index (χ0v) is 13.0. The molecule has 0 aromatic carbocycles. The Labute approximate surface area is 127 Å². The lowest BCUT2D eigenvalue weighted by Crippen LogP contribution is -2.59. The number of nitrogens with one attached hydrogen (secondary N) is 1. The number of fused-ring (bicyclic) bond motifs is 1. The maximum Gasteiger partial charge on any atom is 0.213 e. The number of rotatable bonds is 3. The first-order chi connectivity index (χ1) is 10.2. The zero-order valence-electron chi connectivity index (χ0n) is 13.0. The van der Waals surface area contributed by atoms with Gasteiger partial charge in [0, 0.05) is 42.9 Å². The van der Waals surface area contributed by atoms with Crippen LogP contribution in [0.1, 0.15) is 57.8 Å². The van der Waals surface area contributed by atoms with E-state index in [4.69, 9.17) is 4.74 Å². The number of methoxy groups -OCH3 is 1. The first kappa shape index (κ1) is 15.2. The first-order valence-electron chi connectivity index (χ1n) is 8.61. The van der Waals surface area contributed by atoms with Crippen molar-refractivity contribution in [3.63, 3.8) is 0 Å². The molecule has 21 heavy (non-hydrogen) atoms. The maximum absolute atomic E-state index is 11.1. The molecule has 0 aromatic rings. The van der Waals surface area contributed by atoms with Gasteiger partial charge in [-0.3, -0.25) is 10.1 Å². The standard InChI is InChI=1S/C16H28N2O3/c1-21-16-10-15(11-5-3-2-4-6-11)17-14-8-7-12(18(19)20)9-13(14)16/h11-17H,2-10H2,1H3. The van der Waals surface area contributed by atoms with E-state index in [1.807, 2.05) is 0 Å². The topological polar surface area (TPSA) is 64.4 Å². The normalized spacial score (nSPS) is 41.5. The van der Waals surface area contributed by atoms with E-state index in [9.17, 15) is 10.1 Å². The maximum atomic E-state index is 11.1. The molecule has 1 aliphatic heterocycles. The Morgan fingerprint density at radius 1 is 1.05 bits per heavy atom. The Morgan fingerprint density at radius 2 is 1.81 bits per heavy atom. The molecular weight excluding hydrogens is 268 g/mol. The van der Waals surface area contributed by atoms with Crippen LogP contribution in [0.5, 0.6) is 0 Å². The van der Waals surface area contributed by atoms with Gasteiger partial charge >= 0.3 is 0 Å². The molecular formula is C16H28N2O3. The number of piperidine rings is 1. The molecule has 3 aliphatic rings. The second-order valence-corrected chi connectivity index (χ2v) is 7.20. The Bertz CT molecular complexity index is 363. The summed E-state index contributed by atoms with van der Waals surface area (Å²) in [4.78, 5) is 11.0. The van der Waals surface area contributed by atoms with Crippen LogP contribution in [0.25, 0.3) is 0 Å². The minimum atomic E-state index is -0.364. The molecule has 0 bridgehead atoms. The van der Waals surface area contributed by atoms with E-state index < -0.39 is 0 Å². The second-order valence-electron chi connectivity index (χ2n) is 7.20. The molecule has 1 saturated heterocycles. The van der Waals surface area contributed by atoms with Crippen LogP contribution in [-0.4, -0.2) is 36.3 Å². The second kappa shape index (κ2) is 6.61. The third-order valence-corrected chi connectivity index (χ3v) is 6.08. The van der Waals surface area contributed by atoms with Gasteiger partial charge in [-0.15, -0.1) is 0 Å². The van der Waals surface area contributed by atoms with Gasteiger partial charge in [0.25, 0.3) is 0 Å². The lowest BCUT2D eigenvalue weighted by Gasteiger charge is -2.47. The van der Waals surface area contributed by atoms with E-state index in [0.29, 0.717) is 24.4 Å². The van der Waals surface area contributed by atoms with Gasteiger partial charge in [-0.05, 0) is 31.6 Å². The number of ether oxygens (including phenoxy) is 1. The van der Waals surface area contributed by atoms with E-state index in [1.165, 1.54) is 32.1 Å². The Hall–Kier alpha value is -0.680. The minimum Gasteiger partial charge on any atom is -0.381 e. The summed E-state index contributed by atoms with van der Waals surface area (Å²) in [6.07, 6.45) is 10.3. The summed E-state index contributed by atoms with van der Waals surface area (Å²) in [7, 11) is 1.78. The van der Waals surface area contributed by atoms with Crippen molar-refractivity contribution in [1.82, 2.24) is 5.32 Å².